The van der Waals surface area contributed by atoms with Crippen molar-refractivity contribution in [1.82, 2.24) is 19.4 Å². The molecular formula is C24H26N4O2. The largest absolute Gasteiger partial charge is 0.340 e. The Labute approximate surface area is 176 Å². The summed E-state index contributed by atoms with van der Waals surface area (Å²) in [5.41, 5.74) is 1.83. The van der Waals surface area contributed by atoms with Gasteiger partial charge < -0.3 is 14.4 Å². The summed E-state index contributed by atoms with van der Waals surface area (Å²) in [5.74, 6) is 0.0308. The number of hydrogen-bond acceptors (Lipinski definition) is 3. The number of aryl methyl sites for hydroxylation is 1. The van der Waals surface area contributed by atoms with Crippen LogP contribution < -0.4 is 0 Å². The third-order valence-electron chi connectivity index (χ3n) is 6.69. The lowest BCUT2D eigenvalue weighted by Gasteiger charge is -2.44. The number of pyridine rings is 1. The maximum atomic E-state index is 13.7. The van der Waals surface area contributed by atoms with Crippen molar-refractivity contribution in [2.75, 3.05) is 13.1 Å². The molecule has 2 aliphatic heterocycles. The molecule has 0 saturated carbocycles. The van der Waals surface area contributed by atoms with E-state index in [1.165, 1.54) is 0 Å². The van der Waals surface area contributed by atoms with E-state index in [1.807, 2.05) is 69.9 Å². The van der Waals surface area contributed by atoms with Crippen molar-refractivity contribution in [2.45, 2.75) is 37.8 Å². The van der Waals surface area contributed by atoms with E-state index in [-0.39, 0.29) is 11.8 Å². The van der Waals surface area contributed by atoms with E-state index in [0.717, 1.165) is 42.3 Å². The number of benzene rings is 1. The van der Waals surface area contributed by atoms with E-state index in [9.17, 15) is 9.59 Å². The van der Waals surface area contributed by atoms with Crippen molar-refractivity contribution in [3.8, 4) is 0 Å². The zero-order valence-corrected chi connectivity index (χ0v) is 17.3. The van der Waals surface area contributed by atoms with Crippen LogP contribution >= 0.6 is 0 Å². The van der Waals surface area contributed by atoms with Crippen molar-refractivity contribution in [1.29, 1.82) is 0 Å². The van der Waals surface area contributed by atoms with Gasteiger partial charge in [0.2, 0.25) is 5.91 Å². The van der Waals surface area contributed by atoms with Gasteiger partial charge in [-0.15, -0.1) is 0 Å². The fraction of sp³-hybridized carbons (Fsp3) is 0.375. The number of fused-ring (bicyclic) bond motifs is 1. The number of piperidine rings is 1. The Morgan fingerprint density at radius 2 is 1.83 bits per heavy atom. The SMILES string of the molecule is Cn1c(C(=O)N2CCCC23CCCN(Cc2ccccn2)C3=O)cc2ccccc21. The van der Waals surface area contributed by atoms with Gasteiger partial charge in [-0.05, 0) is 49.9 Å². The van der Waals surface area contributed by atoms with Crippen molar-refractivity contribution in [3.05, 3.63) is 66.1 Å². The molecule has 3 aromatic rings. The summed E-state index contributed by atoms with van der Waals surface area (Å²) in [6, 6.07) is 15.7. The molecule has 1 aromatic carbocycles. The Morgan fingerprint density at radius 1 is 1.07 bits per heavy atom. The van der Waals surface area contributed by atoms with Crippen molar-refractivity contribution in [3.63, 3.8) is 0 Å². The zero-order chi connectivity index (χ0) is 20.7. The van der Waals surface area contributed by atoms with Gasteiger partial charge in [-0.1, -0.05) is 24.3 Å². The van der Waals surface area contributed by atoms with Crippen LogP contribution in [-0.2, 0) is 18.4 Å². The molecule has 1 atom stereocenters. The van der Waals surface area contributed by atoms with Crippen LogP contribution in [0.5, 0.6) is 0 Å². The van der Waals surface area contributed by atoms with E-state index >= 15 is 0 Å². The normalized spacial score (nSPS) is 21.7. The van der Waals surface area contributed by atoms with Crippen LogP contribution in [0.1, 0.15) is 41.9 Å². The molecule has 2 saturated heterocycles. The molecule has 154 valence electrons. The predicted octanol–water partition coefficient (Wildman–Crippen LogP) is 3.37. The molecule has 2 aromatic heterocycles. The first-order valence-electron chi connectivity index (χ1n) is 10.7. The summed E-state index contributed by atoms with van der Waals surface area (Å²) in [6.45, 7) is 1.84. The fourth-order valence-electron chi connectivity index (χ4n) is 5.19. The van der Waals surface area contributed by atoms with Gasteiger partial charge in [-0.3, -0.25) is 14.6 Å². The number of likely N-dealkylation sites (tertiary alicyclic amines) is 2. The van der Waals surface area contributed by atoms with Gasteiger partial charge in [0.25, 0.3) is 5.91 Å². The van der Waals surface area contributed by atoms with Crippen molar-refractivity contribution >= 4 is 22.7 Å². The second kappa shape index (κ2) is 7.27. The molecule has 5 rings (SSSR count). The number of nitrogens with zero attached hydrogens (tertiary/aromatic N) is 4. The molecule has 2 aliphatic rings. The minimum atomic E-state index is -0.722. The molecule has 2 amide bonds. The third kappa shape index (κ3) is 2.90. The Bertz CT molecular complexity index is 1110. The molecule has 4 heterocycles. The number of aromatic nitrogens is 2. The zero-order valence-electron chi connectivity index (χ0n) is 17.3. The lowest BCUT2D eigenvalue weighted by molar-refractivity contribution is -0.146. The van der Waals surface area contributed by atoms with Gasteiger partial charge in [0, 0.05) is 37.2 Å². The van der Waals surface area contributed by atoms with Crippen LogP contribution in [0.4, 0.5) is 0 Å². The average Bonchev–Trinajstić information content (AvgIpc) is 3.34. The Hall–Kier alpha value is -3.15. The van der Waals surface area contributed by atoms with Crippen LogP contribution in [0.15, 0.2) is 54.7 Å². The first-order chi connectivity index (χ1) is 14.6. The number of rotatable bonds is 3. The van der Waals surface area contributed by atoms with Gasteiger partial charge in [0.05, 0.1) is 12.2 Å². The summed E-state index contributed by atoms with van der Waals surface area (Å²) in [4.78, 5) is 35.4. The standard InChI is InChI=1S/C24H26N4O2/c1-26-20-10-3-2-8-18(20)16-21(26)22(29)28-15-7-12-24(28)11-6-14-27(23(24)30)17-19-9-4-5-13-25-19/h2-5,8-10,13,16H,6-7,11-12,14-15,17H2,1H3. The monoisotopic (exact) mass is 402 g/mol. The Morgan fingerprint density at radius 3 is 2.60 bits per heavy atom. The third-order valence-corrected chi connectivity index (χ3v) is 6.69. The molecule has 30 heavy (non-hydrogen) atoms. The quantitative estimate of drug-likeness (QED) is 0.675. The Kier molecular flexibility index (Phi) is 4.57. The van der Waals surface area contributed by atoms with Crippen LogP contribution in [-0.4, -0.2) is 49.8 Å². The topological polar surface area (TPSA) is 58.4 Å². The maximum absolute atomic E-state index is 13.7. The van der Waals surface area contributed by atoms with Gasteiger partial charge in [0.15, 0.2) is 0 Å². The molecule has 6 nitrogen and oxygen atoms in total. The minimum absolute atomic E-state index is 0.0424. The van der Waals surface area contributed by atoms with Gasteiger partial charge >= 0.3 is 0 Å². The van der Waals surface area contributed by atoms with E-state index in [0.29, 0.717) is 25.3 Å². The molecule has 0 radical (unpaired) electrons. The number of para-hydroxylation sites is 1. The minimum Gasteiger partial charge on any atom is -0.340 e. The van der Waals surface area contributed by atoms with E-state index in [4.69, 9.17) is 0 Å². The first-order valence-corrected chi connectivity index (χ1v) is 10.7. The fourth-order valence-corrected chi connectivity index (χ4v) is 5.19. The van der Waals surface area contributed by atoms with Gasteiger partial charge in [0.1, 0.15) is 11.2 Å². The van der Waals surface area contributed by atoms with Crippen LogP contribution in [0, 0.1) is 0 Å². The molecule has 2 fully saturated rings. The smallest absolute Gasteiger partial charge is 0.271 e. The van der Waals surface area contributed by atoms with E-state index in [2.05, 4.69) is 4.98 Å². The molecule has 0 N–H and O–H groups in total. The highest BCUT2D eigenvalue weighted by Crippen LogP contribution is 2.40. The molecule has 0 bridgehead atoms. The summed E-state index contributed by atoms with van der Waals surface area (Å²) >= 11 is 0. The number of carbonyl (C=O) groups excluding carboxylic acids is 2. The highest BCUT2D eigenvalue weighted by molar-refractivity contribution is 6.02. The lowest BCUT2D eigenvalue weighted by atomic mass is 9.85. The van der Waals surface area contributed by atoms with Gasteiger partial charge in [-0.2, -0.15) is 0 Å². The maximum Gasteiger partial charge on any atom is 0.271 e. The van der Waals surface area contributed by atoms with Crippen LogP contribution in [0.2, 0.25) is 0 Å². The van der Waals surface area contributed by atoms with Gasteiger partial charge in [-0.25, -0.2) is 0 Å². The predicted molar refractivity (Wildman–Crippen MR) is 115 cm³/mol. The van der Waals surface area contributed by atoms with Crippen LogP contribution in [0.25, 0.3) is 10.9 Å². The van der Waals surface area contributed by atoms with Crippen molar-refractivity contribution in [2.24, 2.45) is 7.05 Å². The molecule has 0 aliphatic carbocycles. The Balaban J connectivity index is 1.46. The summed E-state index contributed by atoms with van der Waals surface area (Å²) in [6.07, 6.45) is 4.99. The molecule has 6 heteroatoms. The second-order valence-corrected chi connectivity index (χ2v) is 8.39. The molecule has 1 spiro atoms. The summed E-state index contributed by atoms with van der Waals surface area (Å²) < 4.78 is 1.95. The first kappa shape index (κ1) is 18.9. The second-order valence-electron chi connectivity index (χ2n) is 8.39. The van der Waals surface area contributed by atoms with Crippen molar-refractivity contribution < 1.29 is 9.59 Å². The lowest BCUT2D eigenvalue weighted by Crippen LogP contribution is -2.61. The average molecular weight is 402 g/mol. The summed E-state index contributed by atoms with van der Waals surface area (Å²) in [5, 5.41) is 1.04. The summed E-state index contributed by atoms with van der Waals surface area (Å²) in [7, 11) is 1.92. The highest BCUT2D eigenvalue weighted by Gasteiger charge is 2.53. The number of hydrogen-bond donors (Lipinski definition) is 0. The number of amides is 2. The van der Waals surface area contributed by atoms with E-state index in [1.54, 1.807) is 6.20 Å². The molecular weight excluding hydrogens is 376 g/mol. The molecule has 1 unspecified atom stereocenters. The van der Waals surface area contributed by atoms with Crippen LogP contribution in [0.3, 0.4) is 0 Å². The van der Waals surface area contributed by atoms with E-state index < -0.39 is 5.54 Å². The number of carbonyl (C=O) groups is 2. The highest BCUT2D eigenvalue weighted by atomic mass is 16.2.